The molecule has 0 aliphatic carbocycles. The van der Waals surface area contributed by atoms with Crippen LogP contribution in [-0.4, -0.2) is 15.9 Å². The quantitative estimate of drug-likeness (QED) is 0.694. The second-order valence-electron chi connectivity index (χ2n) is 5.38. The molecule has 3 rings (SSSR count). The normalized spacial score (nSPS) is 10.5. The van der Waals surface area contributed by atoms with Crippen LogP contribution in [0.1, 0.15) is 16.1 Å². The highest BCUT2D eigenvalue weighted by atomic mass is 35.5. The molecule has 132 valence electrons. The van der Waals surface area contributed by atoms with Gasteiger partial charge in [-0.1, -0.05) is 23.7 Å². The van der Waals surface area contributed by atoms with Gasteiger partial charge in [0.15, 0.2) is 0 Å². The molecule has 26 heavy (non-hydrogen) atoms. The van der Waals surface area contributed by atoms with Crippen LogP contribution >= 0.6 is 11.6 Å². The van der Waals surface area contributed by atoms with Gasteiger partial charge in [-0.2, -0.15) is 0 Å². The summed E-state index contributed by atoms with van der Waals surface area (Å²) in [4.78, 5) is 20.2. The van der Waals surface area contributed by atoms with Gasteiger partial charge < -0.3 is 10.6 Å². The van der Waals surface area contributed by atoms with Crippen LogP contribution in [-0.2, 0) is 0 Å². The van der Waals surface area contributed by atoms with Crippen molar-refractivity contribution in [2.45, 2.75) is 6.92 Å². The number of nitrogens with one attached hydrogen (secondary N) is 2. The summed E-state index contributed by atoms with van der Waals surface area (Å²) in [6, 6.07) is 9.89. The van der Waals surface area contributed by atoms with Crippen LogP contribution in [0.5, 0.6) is 0 Å². The molecule has 0 radical (unpaired) electrons. The average molecular weight is 375 g/mol. The molecule has 0 atom stereocenters. The fourth-order valence-electron chi connectivity index (χ4n) is 2.22. The largest absolute Gasteiger partial charge is 0.335 e. The Balaban J connectivity index is 1.83. The number of anilines is 3. The smallest absolute Gasteiger partial charge is 0.274 e. The topological polar surface area (TPSA) is 66.9 Å². The van der Waals surface area contributed by atoms with Crippen LogP contribution in [0, 0.1) is 18.6 Å². The van der Waals surface area contributed by atoms with Gasteiger partial charge in [-0.15, -0.1) is 0 Å². The van der Waals surface area contributed by atoms with E-state index >= 15 is 0 Å². The molecule has 8 heteroatoms. The summed E-state index contributed by atoms with van der Waals surface area (Å²) < 4.78 is 27.5. The molecular weight excluding hydrogens is 362 g/mol. The minimum atomic E-state index is -0.774. The van der Waals surface area contributed by atoms with Crippen molar-refractivity contribution in [3.8, 4) is 0 Å². The van der Waals surface area contributed by atoms with Gasteiger partial charge in [0, 0.05) is 16.8 Å². The highest BCUT2D eigenvalue weighted by Crippen LogP contribution is 2.24. The number of carbonyl (C=O) groups is 1. The summed E-state index contributed by atoms with van der Waals surface area (Å²) in [6.45, 7) is 1.77. The molecule has 1 amide bonds. The number of nitrogens with zero attached hydrogens (tertiary/aromatic N) is 2. The Morgan fingerprint density at radius 2 is 1.77 bits per heavy atom. The summed E-state index contributed by atoms with van der Waals surface area (Å²) in [5.41, 5.74) is 0.918. The lowest BCUT2D eigenvalue weighted by Crippen LogP contribution is -2.15. The van der Waals surface area contributed by atoms with Gasteiger partial charge in [-0.25, -0.2) is 18.7 Å². The Kier molecular flexibility index (Phi) is 5.09. The van der Waals surface area contributed by atoms with Gasteiger partial charge in [-0.3, -0.25) is 4.79 Å². The van der Waals surface area contributed by atoms with Crippen LogP contribution < -0.4 is 10.6 Å². The highest BCUT2D eigenvalue weighted by molar-refractivity contribution is 6.31. The lowest BCUT2D eigenvalue weighted by Gasteiger charge is -2.10. The monoisotopic (exact) mass is 374 g/mol. The third kappa shape index (κ3) is 3.78. The summed E-state index contributed by atoms with van der Waals surface area (Å²) in [5, 5.41) is 5.73. The zero-order chi connectivity index (χ0) is 18.7. The molecule has 0 saturated carbocycles. The molecule has 1 heterocycles. The van der Waals surface area contributed by atoms with Crippen molar-refractivity contribution in [3.05, 3.63) is 76.7 Å². The van der Waals surface area contributed by atoms with Crippen LogP contribution in [0.25, 0.3) is 0 Å². The number of amides is 1. The zero-order valence-corrected chi connectivity index (χ0v) is 14.3. The lowest BCUT2D eigenvalue weighted by molar-refractivity contribution is 0.102. The first kappa shape index (κ1) is 17.8. The number of aromatic nitrogens is 2. The van der Waals surface area contributed by atoms with E-state index < -0.39 is 17.5 Å². The van der Waals surface area contributed by atoms with Crippen molar-refractivity contribution < 1.29 is 13.6 Å². The number of rotatable bonds is 4. The van der Waals surface area contributed by atoms with Crippen molar-refractivity contribution >= 4 is 34.7 Å². The summed E-state index contributed by atoms with van der Waals surface area (Å²) in [7, 11) is 0. The van der Waals surface area contributed by atoms with Crippen molar-refractivity contribution in [2.24, 2.45) is 0 Å². The standard InChI is InChI=1S/C18H13ClF2N4O/c1-10-11(19)4-2-7-14(10)24-18(26)15-8-16(23-9-22-15)25-17-12(20)5-3-6-13(17)21/h2-9H,1H3,(H,24,26)(H,22,23,25). The maximum atomic E-state index is 13.7. The predicted molar refractivity (Wildman–Crippen MR) is 95.8 cm³/mol. The molecule has 0 aliphatic heterocycles. The summed E-state index contributed by atoms with van der Waals surface area (Å²) in [6.07, 6.45) is 1.13. The van der Waals surface area contributed by atoms with Crippen LogP contribution in [0.4, 0.5) is 26.0 Å². The van der Waals surface area contributed by atoms with E-state index in [2.05, 4.69) is 20.6 Å². The van der Waals surface area contributed by atoms with E-state index in [1.165, 1.54) is 12.1 Å². The molecule has 0 fully saturated rings. The SMILES string of the molecule is Cc1c(Cl)cccc1NC(=O)c1cc(Nc2c(F)cccc2F)ncn1. The van der Waals surface area contributed by atoms with Gasteiger partial charge in [-0.05, 0) is 36.8 Å². The van der Waals surface area contributed by atoms with E-state index in [-0.39, 0.29) is 17.2 Å². The number of benzene rings is 2. The van der Waals surface area contributed by atoms with Crippen molar-refractivity contribution in [2.75, 3.05) is 10.6 Å². The number of para-hydroxylation sites is 1. The predicted octanol–water partition coefficient (Wildman–Crippen LogP) is 4.71. The second kappa shape index (κ2) is 7.45. The molecule has 2 aromatic carbocycles. The molecule has 2 N–H and O–H groups in total. The number of hydrogen-bond donors (Lipinski definition) is 2. The van der Waals surface area contributed by atoms with Gasteiger partial charge in [0.25, 0.3) is 5.91 Å². The third-order valence-electron chi connectivity index (χ3n) is 3.63. The highest BCUT2D eigenvalue weighted by Gasteiger charge is 2.14. The molecule has 1 aromatic heterocycles. The van der Waals surface area contributed by atoms with E-state index in [9.17, 15) is 13.6 Å². The Morgan fingerprint density at radius 3 is 2.50 bits per heavy atom. The molecule has 5 nitrogen and oxygen atoms in total. The van der Waals surface area contributed by atoms with E-state index in [0.717, 1.165) is 18.5 Å². The fraction of sp³-hybridized carbons (Fsp3) is 0.0556. The Labute approximate surface area is 153 Å². The number of hydrogen-bond acceptors (Lipinski definition) is 4. The molecular formula is C18H13ClF2N4O. The summed E-state index contributed by atoms with van der Waals surface area (Å²) in [5.74, 6) is -1.97. The second-order valence-corrected chi connectivity index (χ2v) is 5.78. The van der Waals surface area contributed by atoms with E-state index in [0.29, 0.717) is 16.3 Å². The molecule has 0 spiro atoms. The molecule has 0 saturated heterocycles. The number of carbonyl (C=O) groups excluding carboxylic acids is 1. The van der Waals surface area contributed by atoms with Gasteiger partial charge in [0.1, 0.15) is 35.2 Å². The summed E-state index contributed by atoms with van der Waals surface area (Å²) >= 11 is 6.03. The Bertz CT molecular complexity index is 961. The zero-order valence-electron chi connectivity index (χ0n) is 13.6. The Morgan fingerprint density at radius 1 is 1.08 bits per heavy atom. The van der Waals surface area contributed by atoms with Crippen molar-refractivity contribution in [1.29, 1.82) is 0 Å². The molecule has 0 bridgehead atoms. The van der Waals surface area contributed by atoms with Gasteiger partial charge in [0.05, 0.1) is 0 Å². The van der Waals surface area contributed by atoms with Crippen molar-refractivity contribution in [3.63, 3.8) is 0 Å². The first-order valence-electron chi connectivity index (χ1n) is 7.55. The Hall–Kier alpha value is -3.06. The van der Waals surface area contributed by atoms with Gasteiger partial charge in [0.2, 0.25) is 0 Å². The van der Waals surface area contributed by atoms with E-state index in [4.69, 9.17) is 11.6 Å². The first-order chi connectivity index (χ1) is 12.5. The van der Waals surface area contributed by atoms with Crippen molar-refractivity contribution in [1.82, 2.24) is 9.97 Å². The van der Waals surface area contributed by atoms with Crippen LogP contribution in [0.2, 0.25) is 5.02 Å². The maximum Gasteiger partial charge on any atom is 0.274 e. The average Bonchev–Trinajstić information content (AvgIpc) is 2.62. The van der Waals surface area contributed by atoms with Crippen LogP contribution in [0.3, 0.4) is 0 Å². The number of halogens is 3. The molecule has 3 aromatic rings. The lowest BCUT2D eigenvalue weighted by atomic mass is 10.2. The van der Waals surface area contributed by atoms with Crippen LogP contribution in [0.15, 0.2) is 48.8 Å². The molecule has 0 aliphatic rings. The van der Waals surface area contributed by atoms with Gasteiger partial charge >= 0.3 is 0 Å². The minimum absolute atomic E-state index is 0.0265. The minimum Gasteiger partial charge on any atom is -0.335 e. The fourth-order valence-corrected chi connectivity index (χ4v) is 2.40. The third-order valence-corrected chi connectivity index (χ3v) is 4.04. The maximum absolute atomic E-state index is 13.7. The molecule has 0 unspecified atom stereocenters. The first-order valence-corrected chi connectivity index (χ1v) is 7.93. The van der Waals surface area contributed by atoms with E-state index in [1.54, 1.807) is 25.1 Å². The van der Waals surface area contributed by atoms with E-state index in [1.807, 2.05) is 0 Å².